The van der Waals surface area contributed by atoms with Crippen molar-refractivity contribution in [2.45, 2.75) is 12.8 Å². The highest BCUT2D eigenvalue weighted by Crippen LogP contribution is 2.30. The second kappa shape index (κ2) is 5.43. The number of nitrogens with one attached hydrogen (secondary N) is 1. The maximum Gasteiger partial charge on any atom is 0.189 e. The number of hydrogen-bond donors (Lipinski definition) is 1. The van der Waals surface area contributed by atoms with Crippen LogP contribution >= 0.6 is 0 Å². The number of fused-ring (bicyclic) bond motifs is 2. The van der Waals surface area contributed by atoms with E-state index in [1.165, 1.54) is 0 Å². The molecule has 114 valence electrons. The number of aryl methyl sites for hydroxylation is 1. The molecule has 0 amide bonds. The topological polar surface area (TPSA) is 42.1 Å². The first-order valence-corrected chi connectivity index (χ1v) is 7.74. The first-order valence-electron chi connectivity index (χ1n) is 7.74. The van der Waals surface area contributed by atoms with E-state index < -0.39 is 0 Å². The van der Waals surface area contributed by atoms with E-state index >= 15 is 0 Å². The predicted octanol–water partition coefficient (Wildman–Crippen LogP) is 4.39. The normalized spacial score (nSPS) is 15.9. The van der Waals surface area contributed by atoms with Crippen molar-refractivity contribution in [3.8, 4) is 5.75 Å². The van der Waals surface area contributed by atoms with Gasteiger partial charge in [-0.05, 0) is 42.7 Å². The van der Waals surface area contributed by atoms with Gasteiger partial charge in [-0.2, -0.15) is 0 Å². The summed E-state index contributed by atoms with van der Waals surface area (Å²) < 4.78 is 5.25. The molecule has 1 aliphatic carbocycles. The molecule has 1 heterocycles. The molecular weight excluding hydrogens is 286 g/mol. The van der Waals surface area contributed by atoms with Crippen molar-refractivity contribution in [3.63, 3.8) is 0 Å². The van der Waals surface area contributed by atoms with E-state index in [0.29, 0.717) is 0 Å². The standard InChI is InChI=1S/C20H17NO2/c1-23-16-9-8-13-6-7-14(20(22)18(13)11-16)10-15-12-21-19-5-3-2-4-17(15)19/h2-5,8-12,21H,6-7H2,1H3/b14-10+. The average molecular weight is 303 g/mol. The summed E-state index contributed by atoms with van der Waals surface area (Å²) in [5, 5.41) is 1.14. The lowest BCUT2D eigenvalue weighted by atomic mass is 9.86. The van der Waals surface area contributed by atoms with Crippen molar-refractivity contribution in [1.82, 2.24) is 4.98 Å². The third-order valence-corrected chi connectivity index (χ3v) is 4.47. The Hall–Kier alpha value is -2.81. The summed E-state index contributed by atoms with van der Waals surface area (Å²) in [6.07, 6.45) is 5.65. The number of ether oxygens (including phenoxy) is 1. The van der Waals surface area contributed by atoms with Gasteiger partial charge in [-0.15, -0.1) is 0 Å². The highest BCUT2D eigenvalue weighted by atomic mass is 16.5. The molecule has 1 aliphatic rings. The SMILES string of the molecule is COc1ccc2c(c1)C(=O)/C(=C/c1c[nH]c3ccccc13)CC2. The van der Waals surface area contributed by atoms with E-state index in [2.05, 4.69) is 11.1 Å². The Balaban J connectivity index is 1.77. The summed E-state index contributed by atoms with van der Waals surface area (Å²) in [6, 6.07) is 13.9. The molecule has 1 aromatic heterocycles. The van der Waals surface area contributed by atoms with Crippen LogP contribution in [0.5, 0.6) is 5.75 Å². The fraction of sp³-hybridized carbons (Fsp3) is 0.150. The zero-order chi connectivity index (χ0) is 15.8. The number of H-pyrrole nitrogens is 1. The number of carbonyl (C=O) groups is 1. The van der Waals surface area contributed by atoms with Crippen LogP contribution in [0.2, 0.25) is 0 Å². The minimum atomic E-state index is 0.107. The molecule has 0 unspecified atom stereocenters. The molecule has 23 heavy (non-hydrogen) atoms. The minimum Gasteiger partial charge on any atom is -0.497 e. The van der Waals surface area contributed by atoms with Crippen molar-refractivity contribution in [3.05, 3.63) is 70.9 Å². The third-order valence-electron chi connectivity index (χ3n) is 4.47. The van der Waals surface area contributed by atoms with Crippen LogP contribution in [-0.4, -0.2) is 17.9 Å². The van der Waals surface area contributed by atoms with Crippen LogP contribution in [0.15, 0.2) is 54.2 Å². The van der Waals surface area contributed by atoms with Crippen molar-refractivity contribution in [2.75, 3.05) is 7.11 Å². The molecule has 3 nitrogen and oxygen atoms in total. The monoisotopic (exact) mass is 303 g/mol. The maximum atomic E-state index is 12.8. The van der Waals surface area contributed by atoms with Crippen LogP contribution in [0.4, 0.5) is 0 Å². The van der Waals surface area contributed by atoms with Gasteiger partial charge in [0, 0.05) is 33.8 Å². The van der Waals surface area contributed by atoms with E-state index in [9.17, 15) is 4.79 Å². The number of ketones is 1. The molecule has 1 N–H and O–H groups in total. The lowest BCUT2D eigenvalue weighted by Crippen LogP contribution is -2.14. The number of aromatic amines is 1. The summed E-state index contributed by atoms with van der Waals surface area (Å²) >= 11 is 0. The second-order valence-corrected chi connectivity index (χ2v) is 5.81. The number of rotatable bonds is 2. The van der Waals surface area contributed by atoms with E-state index in [1.807, 2.05) is 48.7 Å². The van der Waals surface area contributed by atoms with Gasteiger partial charge in [0.2, 0.25) is 0 Å². The summed E-state index contributed by atoms with van der Waals surface area (Å²) in [6.45, 7) is 0. The Bertz CT molecular complexity index is 934. The lowest BCUT2D eigenvalue weighted by molar-refractivity contribution is 0.102. The molecule has 3 aromatic rings. The first-order chi connectivity index (χ1) is 11.3. The summed E-state index contributed by atoms with van der Waals surface area (Å²) in [5.41, 5.74) is 4.88. The van der Waals surface area contributed by atoms with Crippen LogP contribution in [-0.2, 0) is 6.42 Å². The Morgan fingerprint density at radius 1 is 1.13 bits per heavy atom. The molecule has 0 bridgehead atoms. The molecule has 0 spiro atoms. The molecule has 0 fully saturated rings. The third kappa shape index (κ3) is 2.34. The number of methoxy groups -OCH3 is 1. The second-order valence-electron chi connectivity index (χ2n) is 5.81. The molecule has 0 radical (unpaired) electrons. The summed E-state index contributed by atoms with van der Waals surface area (Å²) in [5.74, 6) is 0.834. The molecule has 0 aliphatic heterocycles. The fourth-order valence-electron chi connectivity index (χ4n) is 3.21. The number of para-hydroxylation sites is 1. The summed E-state index contributed by atoms with van der Waals surface area (Å²) in [4.78, 5) is 16.1. The highest BCUT2D eigenvalue weighted by Gasteiger charge is 2.22. The quantitative estimate of drug-likeness (QED) is 0.713. The zero-order valence-electron chi connectivity index (χ0n) is 12.9. The molecule has 4 rings (SSSR count). The van der Waals surface area contributed by atoms with Crippen LogP contribution < -0.4 is 4.74 Å². The van der Waals surface area contributed by atoms with Gasteiger partial charge in [-0.3, -0.25) is 4.79 Å². The van der Waals surface area contributed by atoms with Crippen molar-refractivity contribution < 1.29 is 9.53 Å². The minimum absolute atomic E-state index is 0.107. The Morgan fingerprint density at radius 2 is 2.00 bits per heavy atom. The number of aromatic nitrogens is 1. The van der Waals surface area contributed by atoms with E-state index in [4.69, 9.17) is 4.74 Å². The lowest BCUT2D eigenvalue weighted by Gasteiger charge is -2.18. The highest BCUT2D eigenvalue weighted by molar-refractivity contribution is 6.14. The van der Waals surface area contributed by atoms with Gasteiger partial charge in [0.15, 0.2) is 5.78 Å². The van der Waals surface area contributed by atoms with Gasteiger partial charge in [-0.1, -0.05) is 24.3 Å². The van der Waals surface area contributed by atoms with Crippen LogP contribution in [0.3, 0.4) is 0 Å². The molecule has 2 aromatic carbocycles. The number of Topliss-reactive ketones (excluding diaryl/α,β-unsaturated/α-hetero) is 1. The molecular formula is C20H17NO2. The Labute approximate surface area is 134 Å². The Kier molecular flexibility index (Phi) is 3.27. The van der Waals surface area contributed by atoms with Gasteiger partial charge in [0.1, 0.15) is 5.75 Å². The zero-order valence-corrected chi connectivity index (χ0v) is 12.9. The van der Waals surface area contributed by atoms with Gasteiger partial charge >= 0.3 is 0 Å². The Morgan fingerprint density at radius 3 is 2.87 bits per heavy atom. The fourth-order valence-corrected chi connectivity index (χ4v) is 3.21. The van der Waals surface area contributed by atoms with Crippen molar-refractivity contribution in [1.29, 1.82) is 0 Å². The molecule has 3 heteroatoms. The number of carbonyl (C=O) groups excluding carboxylic acids is 1. The predicted molar refractivity (Wildman–Crippen MR) is 91.9 cm³/mol. The van der Waals surface area contributed by atoms with Crippen LogP contribution in [0.1, 0.15) is 27.9 Å². The van der Waals surface area contributed by atoms with Crippen LogP contribution in [0.25, 0.3) is 17.0 Å². The number of benzene rings is 2. The number of hydrogen-bond acceptors (Lipinski definition) is 2. The molecule has 0 atom stereocenters. The van der Waals surface area contributed by atoms with E-state index in [0.717, 1.165) is 51.8 Å². The average Bonchev–Trinajstić information content (AvgIpc) is 3.00. The first kappa shape index (κ1) is 13.8. The van der Waals surface area contributed by atoms with Gasteiger partial charge < -0.3 is 9.72 Å². The largest absolute Gasteiger partial charge is 0.497 e. The van der Waals surface area contributed by atoms with Gasteiger partial charge in [0.05, 0.1) is 7.11 Å². The van der Waals surface area contributed by atoms with Crippen LogP contribution in [0, 0.1) is 0 Å². The summed E-state index contributed by atoms with van der Waals surface area (Å²) in [7, 11) is 1.62. The van der Waals surface area contributed by atoms with E-state index in [1.54, 1.807) is 7.11 Å². The smallest absolute Gasteiger partial charge is 0.189 e. The van der Waals surface area contributed by atoms with Gasteiger partial charge in [0.25, 0.3) is 0 Å². The van der Waals surface area contributed by atoms with Crippen molar-refractivity contribution in [2.24, 2.45) is 0 Å². The van der Waals surface area contributed by atoms with Crippen molar-refractivity contribution >= 4 is 22.8 Å². The molecule has 0 saturated heterocycles. The van der Waals surface area contributed by atoms with E-state index in [-0.39, 0.29) is 5.78 Å². The number of allylic oxidation sites excluding steroid dienone is 1. The maximum absolute atomic E-state index is 12.8. The van der Waals surface area contributed by atoms with Gasteiger partial charge in [-0.25, -0.2) is 0 Å². The molecule has 0 saturated carbocycles.